The first-order valence-corrected chi connectivity index (χ1v) is 11.5. The number of fused-ring (bicyclic) bond motifs is 1. The van der Waals surface area contributed by atoms with Gasteiger partial charge in [0.2, 0.25) is 5.69 Å². The third-order valence-electron chi connectivity index (χ3n) is 4.15. The summed E-state index contributed by atoms with van der Waals surface area (Å²) in [5.74, 6) is 1.27. The molecule has 5 rings (SSSR count). The molecule has 0 aromatic carbocycles. The Balaban J connectivity index is 0.000000296. The van der Waals surface area contributed by atoms with E-state index in [1.165, 1.54) is 6.20 Å². The Hall–Kier alpha value is -3.88. The van der Waals surface area contributed by atoms with Crippen molar-refractivity contribution in [1.82, 2.24) is 29.9 Å². The van der Waals surface area contributed by atoms with Gasteiger partial charge in [0.05, 0.1) is 17.5 Å². The molecule has 0 radical (unpaired) electrons. The number of nitriles is 1. The molecular formula is C28H27KN10O. The molecule has 12 heteroatoms. The van der Waals surface area contributed by atoms with Crippen molar-refractivity contribution >= 4 is 28.4 Å². The van der Waals surface area contributed by atoms with Gasteiger partial charge in [0.15, 0.2) is 11.5 Å². The maximum absolute atomic E-state index is 10.1. The number of nitrogens with zero attached hydrogens (tertiary/aromatic N) is 8. The van der Waals surface area contributed by atoms with Gasteiger partial charge in [-0.1, -0.05) is 32.9 Å². The van der Waals surface area contributed by atoms with Crippen molar-refractivity contribution in [2.75, 3.05) is 11.5 Å². The summed E-state index contributed by atoms with van der Waals surface area (Å²) in [7, 11) is 0. The Morgan fingerprint density at radius 1 is 0.850 bits per heavy atom. The molecule has 0 atom stereocenters. The summed E-state index contributed by atoms with van der Waals surface area (Å²) >= 11 is 0. The minimum Gasteiger partial charge on any atom is -0.850 e. The van der Waals surface area contributed by atoms with Crippen molar-refractivity contribution in [3.8, 4) is 17.5 Å². The summed E-state index contributed by atoms with van der Waals surface area (Å²) in [5, 5.41) is 19.1. The average Bonchev–Trinajstić information content (AvgIpc) is 2.94. The third kappa shape index (κ3) is 12.8. The van der Waals surface area contributed by atoms with Gasteiger partial charge in [0.1, 0.15) is 17.7 Å². The van der Waals surface area contributed by atoms with Crippen LogP contribution in [0, 0.1) is 17.9 Å². The normalized spacial score (nSPS) is 9.45. The van der Waals surface area contributed by atoms with Crippen molar-refractivity contribution in [2.45, 2.75) is 26.4 Å². The Morgan fingerprint density at radius 2 is 1.45 bits per heavy atom. The zero-order chi connectivity index (χ0) is 28.7. The predicted molar refractivity (Wildman–Crippen MR) is 149 cm³/mol. The van der Waals surface area contributed by atoms with E-state index in [9.17, 15) is 5.11 Å². The molecule has 0 spiro atoms. The van der Waals surface area contributed by atoms with Crippen LogP contribution < -0.4 is 68.0 Å². The Labute approximate surface area is 275 Å². The van der Waals surface area contributed by atoms with E-state index in [2.05, 4.69) is 34.7 Å². The number of hydrogen-bond donors (Lipinski definition) is 2. The number of pyridine rings is 4. The molecule has 0 aliphatic carbocycles. The van der Waals surface area contributed by atoms with Gasteiger partial charge in [-0.3, -0.25) is 15.0 Å². The molecule has 0 saturated carbocycles. The molecule has 0 unspecified atom stereocenters. The monoisotopic (exact) mass is 558 g/mol. The molecule has 5 aromatic heterocycles. The van der Waals surface area contributed by atoms with E-state index in [1.807, 2.05) is 30.3 Å². The number of nitrogens with two attached hydrogens (primary N) is 2. The maximum Gasteiger partial charge on any atom is 1.00 e. The molecular weight excluding hydrogens is 531 g/mol. The van der Waals surface area contributed by atoms with Crippen LogP contribution in [0.2, 0.25) is 0 Å². The fourth-order valence-corrected chi connectivity index (χ4v) is 2.54. The first kappa shape index (κ1) is 34.1. The van der Waals surface area contributed by atoms with E-state index >= 15 is 0 Å². The van der Waals surface area contributed by atoms with Crippen LogP contribution in [0.3, 0.4) is 0 Å². The summed E-state index contributed by atoms with van der Waals surface area (Å²) in [4.78, 5) is 27.4. The molecule has 0 saturated heterocycles. The molecule has 0 bridgehead atoms. The van der Waals surface area contributed by atoms with Crippen LogP contribution in [0.1, 0.15) is 26.3 Å². The minimum absolute atomic E-state index is 0. The SMILES string of the molecule is CC(C)(C)[O-].N#Cc1cccnc1.Nc1nc(-c2cccnc2)nc2ncccc12.[C-]#[N+]c1cccnc1N.[K+]. The Kier molecular flexibility index (Phi) is 15.1. The van der Waals surface area contributed by atoms with Gasteiger partial charge >= 0.3 is 51.4 Å². The quantitative estimate of drug-likeness (QED) is 0.222. The largest absolute Gasteiger partial charge is 1.00 e. The van der Waals surface area contributed by atoms with Crippen LogP contribution in [0.4, 0.5) is 17.3 Å². The summed E-state index contributed by atoms with van der Waals surface area (Å²) in [5.41, 5.74) is 12.9. The molecule has 0 aliphatic rings. The number of aromatic nitrogens is 6. The van der Waals surface area contributed by atoms with Crippen molar-refractivity contribution in [2.24, 2.45) is 0 Å². The number of nitrogen functional groups attached to an aromatic ring is 2. The van der Waals surface area contributed by atoms with Gasteiger partial charge in [0.25, 0.3) is 0 Å². The minimum atomic E-state index is -0.750. The fraction of sp³-hybridized carbons (Fsp3) is 0.143. The van der Waals surface area contributed by atoms with Crippen LogP contribution in [0.5, 0.6) is 0 Å². The van der Waals surface area contributed by atoms with Crippen molar-refractivity contribution in [3.63, 3.8) is 0 Å². The van der Waals surface area contributed by atoms with Crippen LogP contribution in [-0.2, 0) is 0 Å². The van der Waals surface area contributed by atoms with Crippen molar-refractivity contribution in [1.29, 1.82) is 5.26 Å². The molecule has 5 aromatic rings. The molecule has 5 heterocycles. The smallest absolute Gasteiger partial charge is 0.850 e. The van der Waals surface area contributed by atoms with Crippen LogP contribution in [0.25, 0.3) is 27.3 Å². The van der Waals surface area contributed by atoms with Crippen molar-refractivity contribution in [3.05, 3.63) is 103 Å². The molecule has 0 amide bonds. The molecule has 196 valence electrons. The molecule has 4 N–H and O–H groups in total. The van der Waals surface area contributed by atoms with Gasteiger partial charge in [0, 0.05) is 42.7 Å². The van der Waals surface area contributed by atoms with Gasteiger partial charge in [-0.2, -0.15) is 5.26 Å². The summed E-state index contributed by atoms with van der Waals surface area (Å²) in [6, 6.07) is 16.1. The zero-order valence-electron chi connectivity index (χ0n) is 22.7. The summed E-state index contributed by atoms with van der Waals surface area (Å²) in [6.45, 7) is 11.5. The van der Waals surface area contributed by atoms with Gasteiger partial charge in [-0.25, -0.2) is 19.8 Å². The van der Waals surface area contributed by atoms with Crippen LogP contribution in [0.15, 0.2) is 85.7 Å². The number of hydrogen-bond acceptors (Lipinski definition) is 10. The van der Waals surface area contributed by atoms with Gasteiger partial charge in [-0.05, 0) is 36.4 Å². The van der Waals surface area contributed by atoms with Crippen LogP contribution >= 0.6 is 0 Å². The molecule has 11 nitrogen and oxygen atoms in total. The fourth-order valence-electron chi connectivity index (χ4n) is 2.54. The first-order chi connectivity index (χ1) is 18.6. The van der Waals surface area contributed by atoms with Gasteiger partial charge in [-0.15, -0.1) is 5.60 Å². The topological polar surface area (TPSA) is 181 Å². The van der Waals surface area contributed by atoms with E-state index in [-0.39, 0.29) is 51.4 Å². The third-order valence-corrected chi connectivity index (χ3v) is 4.15. The molecule has 0 fully saturated rings. The van der Waals surface area contributed by atoms with E-state index in [0.29, 0.717) is 34.4 Å². The first-order valence-electron chi connectivity index (χ1n) is 11.5. The van der Waals surface area contributed by atoms with E-state index in [0.717, 1.165) is 10.9 Å². The zero-order valence-corrected chi connectivity index (χ0v) is 25.8. The Bertz CT molecular complexity index is 1540. The van der Waals surface area contributed by atoms with E-state index < -0.39 is 5.60 Å². The van der Waals surface area contributed by atoms with E-state index in [4.69, 9.17) is 23.3 Å². The second kappa shape index (κ2) is 17.7. The van der Waals surface area contributed by atoms with Gasteiger partial charge < -0.3 is 16.6 Å². The molecule has 40 heavy (non-hydrogen) atoms. The van der Waals surface area contributed by atoms with E-state index in [1.54, 1.807) is 76.0 Å². The number of rotatable bonds is 1. The van der Waals surface area contributed by atoms with Crippen molar-refractivity contribution < 1.29 is 56.5 Å². The average molecular weight is 559 g/mol. The Morgan fingerprint density at radius 3 is 1.95 bits per heavy atom. The molecule has 0 aliphatic heterocycles. The van der Waals surface area contributed by atoms with Crippen LogP contribution in [-0.4, -0.2) is 35.5 Å². The second-order valence-corrected chi connectivity index (χ2v) is 8.53. The summed E-state index contributed by atoms with van der Waals surface area (Å²) in [6.07, 6.45) is 9.81. The maximum atomic E-state index is 10.1. The summed E-state index contributed by atoms with van der Waals surface area (Å²) < 4.78 is 0. The number of anilines is 2. The standard InChI is InChI=1S/C12H9N5.C6H5N3.C6H4N2.C4H9O.K/c13-10-9-4-2-6-15-12(9)17-11(16-10)8-3-1-5-14-7-8;1-8-5-3-2-4-9-6(5)7;7-4-6-2-1-3-8-5-6;1-4(2,3)5;/h1-7H,(H2,13,15,16,17);2-4H,(H2,7,9);1-3,5H;1-3H3;/q;;;-1;+1. The second-order valence-electron chi connectivity index (χ2n) is 8.53. The predicted octanol–water partition coefficient (Wildman–Crippen LogP) is 0.986.